The molecule has 0 aliphatic heterocycles. The second kappa shape index (κ2) is 9.27. The molecule has 0 fully saturated rings. The van der Waals surface area contributed by atoms with E-state index in [-0.39, 0.29) is 18.6 Å². The molecular formula is C18H28N2O4. The Labute approximate surface area is 144 Å². The van der Waals surface area contributed by atoms with Gasteiger partial charge in [0.25, 0.3) is 0 Å². The van der Waals surface area contributed by atoms with E-state index in [9.17, 15) is 9.59 Å². The molecule has 0 aromatic heterocycles. The van der Waals surface area contributed by atoms with Crippen LogP contribution in [0.4, 0.5) is 5.69 Å². The second-order valence-corrected chi connectivity index (χ2v) is 5.84. The third kappa shape index (κ3) is 4.96. The van der Waals surface area contributed by atoms with Crippen LogP contribution in [0, 0.1) is 6.92 Å². The molecule has 0 aliphatic rings. The molecule has 0 bridgehead atoms. The van der Waals surface area contributed by atoms with Crippen molar-refractivity contribution in [1.82, 2.24) is 4.90 Å². The average molecular weight is 336 g/mol. The van der Waals surface area contributed by atoms with Crippen molar-refractivity contribution in [1.29, 1.82) is 0 Å². The first-order valence-corrected chi connectivity index (χ1v) is 8.18. The number of hydrogen-bond acceptors (Lipinski definition) is 5. The Kier molecular flexibility index (Phi) is 7.71. The largest absolute Gasteiger partial charge is 0.497 e. The van der Waals surface area contributed by atoms with Gasteiger partial charge in [-0.15, -0.1) is 0 Å². The van der Waals surface area contributed by atoms with Gasteiger partial charge in [0.1, 0.15) is 5.75 Å². The summed E-state index contributed by atoms with van der Waals surface area (Å²) in [6.07, 6.45) is 1.63. The van der Waals surface area contributed by atoms with E-state index in [1.54, 1.807) is 19.1 Å². The van der Waals surface area contributed by atoms with E-state index in [1.165, 1.54) is 7.11 Å². The first kappa shape index (κ1) is 20.0. The molecular weight excluding hydrogens is 308 g/mol. The van der Waals surface area contributed by atoms with Crippen molar-refractivity contribution in [3.63, 3.8) is 0 Å². The fourth-order valence-electron chi connectivity index (χ4n) is 2.51. The Morgan fingerprint density at radius 2 is 1.92 bits per heavy atom. The minimum Gasteiger partial charge on any atom is -0.497 e. The van der Waals surface area contributed by atoms with Crippen LogP contribution in [0.3, 0.4) is 0 Å². The molecule has 0 saturated carbocycles. The van der Waals surface area contributed by atoms with Crippen LogP contribution in [0.2, 0.25) is 0 Å². The number of hydrogen-bond donors (Lipinski definition) is 1. The summed E-state index contributed by atoms with van der Waals surface area (Å²) in [7, 11) is 5.27. The number of benzene rings is 1. The lowest BCUT2D eigenvalue weighted by atomic mass is 10.1. The molecule has 1 aromatic rings. The van der Waals surface area contributed by atoms with Gasteiger partial charge in [0.2, 0.25) is 5.91 Å². The van der Waals surface area contributed by atoms with Gasteiger partial charge in [-0.1, -0.05) is 13.3 Å². The molecule has 1 aromatic carbocycles. The van der Waals surface area contributed by atoms with E-state index in [1.807, 2.05) is 32.8 Å². The number of anilines is 1. The molecule has 6 nitrogen and oxygen atoms in total. The van der Waals surface area contributed by atoms with Gasteiger partial charge in [-0.05, 0) is 52.1 Å². The molecule has 1 atom stereocenters. The Morgan fingerprint density at radius 3 is 2.42 bits per heavy atom. The lowest BCUT2D eigenvalue weighted by Crippen LogP contribution is -2.40. The van der Waals surface area contributed by atoms with Crippen LogP contribution in [-0.2, 0) is 9.53 Å². The Bertz CT molecular complexity index is 585. The first-order valence-electron chi connectivity index (χ1n) is 8.18. The molecule has 0 saturated heterocycles. The minimum absolute atomic E-state index is 0.138. The quantitative estimate of drug-likeness (QED) is 0.739. The molecule has 1 N–H and O–H groups in total. The third-order valence-electron chi connectivity index (χ3n) is 3.78. The normalized spacial score (nSPS) is 12.0. The smallest absolute Gasteiger partial charge is 0.340 e. The molecule has 0 radical (unpaired) electrons. The van der Waals surface area contributed by atoms with Crippen LogP contribution in [0.5, 0.6) is 5.75 Å². The standard InChI is InChI=1S/C18H28N2O4/c1-7-9-15(20(4)5)17(21)19-16-12(3)10-13(23-6)11-14(16)18(22)24-8-2/h10-11,15H,7-9H2,1-6H3,(H,19,21). The maximum Gasteiger partial charge on any atom is 0.340 e. The SMILES string of the molecule is CCCC(C(=O)Nc1c(C)cc(OC)cc1C(=O)OCC)N(C)C. The number of ether oxygens (including phenoxy) is 2. The zero-order valence-electron chi connectivity index (χ0n) is 15.4. The van der Waals surface area contributed by atoms with Crippen molar-refractivity contribution in [2.75, 3.05) is 33.1 Å². The summed E-state index contributed by atoms with van der Waals surface area (Å²) in [5, 5.41) is 2.90. The van der Waals surface area contributed by atoms with Gasteiger partial charge < -0.3 is 14.8 Å². The van der Waals surface area contributed by atoms with E-state index in [0.717, 1.165) is 18.4 Å². The predicted molar refractivity (Wildman–Crippen MR) is 94.7 cm³/mol. The Balaban J connectivity index is 3.21. The van der Waals surface area contributed by atoms with E-state index in [0.29, 0.717) is 17.0 Å². The number of esters is 1. The number of nitrogens with one attached hydrogen (secondary N) is 1. The van der Waals surface area contributed by atoms with Crippen molar-refractivity contribution in [3.05, 3.63) is 23.3 Å². The van der Waals surface area contributed by atoms with Gasteiger partial charge in [0.05, 0.1) is 31.0 Å². The summed E-state index contributed by atoms with van der Waals surface area (Å²) in [4.78, 5) is 26.8. The van der Waals surface area contributed by atoms with E-state index in [2.05, 4.69) is 5.32 Å². The van der Waals surface area contributed by atoms with Crippen LogP contribution >= 0.6 is 0 Å². The number of carbonyl (C=O) groups is 2. The average Bonchev–Trinajstić information content (AvgIpc) is 2.53. The highest BCUT2D eigenvalue weighted by atomic mass is 16.5. The summed E-state index contributed by atoms with van der Waals surface area (Å²) >= 11 is 0. The predicted octanol–water partition coefficient (Wildman–Crippen LogP) is 2.85. The summed E-state index contributed by atoms with van der Waals surface area (Å²) in [6.45, 7) is 5.86. The number of nitrogens with zero attached hydrogens (tertiary/aromatic N) is 1. The van der Waals surface area contributed by atoms with Crippen molar-refractivity contribution in [2.24, 2.45) is 0 Å². The number of rotatable bonds is 8. The number of likely N-dealkylation sites (N-methyl/N-ethyl adjacent to an activating group) is 1. The fourth-order valence-corrected chi connectivity index (χ4v) is 2.51. The van der Waals surface area contributed by atoms with Gasteiger partial charge in [0, 0.05) is 0 Å². The minimum atomic E-state index is -0.480. The van der Waals surface area contributed by atoms with E-state index < -0.39 is 5.97 Å². The van der Waals surface area contributed by atoms with Gasteiger partial charge in [-0.2, -0.15) is 0 Å². The van der Waals surface area contributed by atoms with Gasteiger partial charge in [-0.25, -0.2) is 4.79 Å². The summed E-state index contributed by atoms with van der Waals surface area (Å²) in [5.74, 6) is -0.0707. The molecule has 6 heteroatoms. The number of methoxy groups -OCH3 is 1. The maximum absolute atomic E-state index is 12.6. The lowest BCUT2D eigenvalue weighted by Gasteiger charge is -2.24. The zero-order valence-corrected chi connectivity index (χ0v) is 15.4. The van der Waals surface area contributed by atoms with Gasteiger partial charge in [-0.3, -0.25) is 9.69 Å². The third-order valence-corrected chi connectivity index (χ3v) is 3.78. The van der Waals surface area contributed by atoms with E-state index in [4.69, 9.17) is 9.47 Å². The molecule has 0 spiro atoms. The monoisotopic (exact) mass is 336 g/mol. The molecule has 1 amide bonds. The highest BCUT2D eigenvalue weighted by Gasteiger charge is 2.24. The Hall–Kier alpha value is -2.08. The molecule has 0 aliphatic carbocycles. The second-order valence-electron chi connectivity index (χ2n) is 5.84. The number of amides is 1. The topological polar surface area (TPSA) is 67.9 Å². The lowest BCUT2D eigenvalue weighted by molar-refractivity contribution is -0.120. The zero-order chi connectivity index (χ0) is 18.3. The van der Waals surface area contributed by atoms with Gasteiger partial charge in [0.15, 0.2) is 0 Å². The van der Waals surface area contributed by atoms with Crippen molar-refractivity contribution < 1.29 is 19.1 Å². The van der Waals surface area contributed by atoms with Crippen LogP contribution in [0.1, 0.15) is 42.6 Å². The molecule has 24 heavy (non-hydrogen) atoms. The van der Waals surface area contributed by atoms with Crippen LogP contribution in [-0.4, -0.2) is 50.6 Å². The van der Waals surface area contributed by atoms with Crippen molar-refractivity contribution in [3.8, 4) is 5.75 Å². The summed E-state index contributed by atoms with van der Waals surface area (Å²) in [6, 6.07) is 3.11. The Morgan fingerprint density at radius 1 is 1.25 bits per heavy atom. The number of carbonyl (C=O) groups excluding carboxylic acids is 2. The highest BCUT2D eigenvalue weighted by Crippen LogP contribution is 2.28. The number of aryl methyl sites for hydroxylation is 1. The van der Waals surface area contributed by atoms with Crippen LogP contribution in [0.15, 0.2) is 12.1 Å². The molecule has 1 unspecified atom stereocenters. The fraction of sp³-hybridized carbons (Fsp3) is 0.556. The first-order chi connectivity index (χ1) is 11.3. The van der Waals surface area contributed by atoms with Gasteiger partial charge >= 0.3 is 5.97 Å². The maximum atomic E-state index is 12.6. The van der Waals surface area contributed by atoms with Crippen LogP contribution in [0.25, 0.3) is 0 Å². The van der Waals surface area contributed by atoms with Crippen molar-refractivity contribution >= 4 is 17.6 Å². The van der Waals surface area contributed by atoms with E-state index >= 15 is 0 Å². The molecule has 0 heterocycles. The molecule has 134 valence electrons. The summed E-state index contributed by atoms with van der Waals surface area (Å²) < 4.78 is 10.3. The van der Waals surface area contributed by atoms with Crippen LogP contribution < -0.4 is 10.1 Å². The summed E-state index contributed by atoms with van der Waals surface area (Å²) in [5.41, 5.74) is 1.53. The molecule has 1 rings (SSSR count). The highest BCUT2D eigenvalue weighted by molar-refractivity contribution is 6.04. The van der Waals surface area contributed by atoms with Crippen molar-refractivity contribution in [2.45, 2.75) is 39.7 Å².